The number of methoxy groups -OCH3 is 2. The van der Waals surface area contributed by atoms with E-state index in [2.05, 4.69) is 9.72 Å². The van der Waals surface area contributed by atoms with E-state index >= 15 is 0 Å². The fourth-order valence-corrected chi connectivity index (χ4v) is 2.05. The molecule has 0 aliphatic heterocycles. The number of carbonyl (C=O) groups excluding carboxylic acids is 1. The summed E-state index contributed by atoms with van der Waals surface area (Å²) in [6, 6.07) is 7.30. The summed E-state index contributed by atoms with van der Waals surface area (Å²) < 4.78 is 9.88. The Bertz CT molecular complexity index is 613. The lowest BCUT2D eigenvalue weighted by Crippen LogP contribution is -2.03. The van der Waals surface area contributed by atoms with Gasteiger partial charge in [-0.3, -0.25) is 4.79 Å². The summed E-state index contributed by atoms with van der Waals surface area (Å²) in [6.45, 7) is 0. The molecule has 5 heteroatoms. The topological polar surface area (TPSA) is 48.4 Å². The standard InChI is InChI=1S/C14H14ClNO3/c1-18-12-7-6-11(15)10-5-3-9(16-14(10)12)4-8-13(17)19-2/h3,5-7H,4,8H2,1-2H3. The van der Waals surface area contributed by atoms with Gasteiger partial charge in [-0.05, 0) is 24.3 Å². The summed E-state index contributed by atoms with van der Waals surface area (Å²) in [4.78, 5) is 15.6. The van der Waals surface area contributed by atoms with Gasteiger partial charge in [0.05, 0.1) is 25.7 Å². The van der Waals surface area contributed by atoms with Gasteiger partial charge < -0.3 is 9.47 Å². The number of fused-ring (bicyclic) bond motifs is 1. The van der Waals surface area contributed by atoms with Crippen LogP contribution < -0.4 is 4.74 Å². The maximum absolute atomic E-state index is 11.1. The number of halogens is 1. The summed E-state index contributed by atoms with van der Waals surface area (Å²) in [5.41, 5.74) is 1.51. The molecule has 0 saturated carbocycles. The first kappa shape index (κ1) is 13.6. The van der Waals surface area contributed by atoms with E-state index in [0.717, 1.165) is 11.1 Å². The van der Waals surface area contributed by atoms with Crippen LogP contribution >= 0.6 is 11.6 Å². The molecule has 100 valence electrons. The van der Waals surface area contributed by atoms with E-state index in [1.54, 1.807) is 19.2 Å². The van der Waals surface area contributed by atoms with Gasteiger partial charge in [0.25, 0.3) is 0 Å². The van der Waals surface area contributed by atoms with Crippen molar-refractivity contribution in [2.45, 2.75) is 12.8 Å². The van der Waals surface area contributed by atoms with Crippen LogP contribution in [0.25, 0.3) is 10.9 Å². The number of aromatic nitrogens is 1. The molecule has 0 saturated heterocycles. The van der Waals surface area contributed by atoms with Crippen LogP contribution in [-0.4, -0.2) is 25.2 Å². The molecule has 1 aromatic carbocycles. The zero-order chi connectivity index (χ0) is 13.8. The van der Waals surface area contributed by atoms with Crippen molar-refractivity contribution < 1.29 is 14.3 Å². The van der Waals surface area contributed by atoms with Crippen molar-refractivity contribution in [2.24, 2.45) is 0 Å². The minimum Gasteiger partial charge on any atom is -0.494 e. The number of hydrogen-bond acceptors (Lipinski definition) is 4. The van der Waals surface area contributed by atoms with Crippen molar-refractivity contribution in [2.75, 3.05) is 14.2 Å². The third-order valence-corrected chi connectivity index (χ3v) is 3.19. The highest BCUT2D eigenvalue weighted by Gasteiger charge is 2.09. The highest BCUT2D eigenvalue weighted by atomic mass is 35.5. The van der Waals surface area contributed by atoms with Crippen LogP contribution in [0.4, 0.5) is 0 Å². The number of esters is 1. The molecule has 0 atom stereocenters. The molecule has 0 amide bonds. The Hall–Kier alpha value is -1.81. The second-order valence-electron chi connectivity index (χ2n) is 4.02. The first-order chi connectivity index (χ1) is 9.15. The molecule has 2 rings (SSSR count). The second kappa shape index (κ2) is 5.89. The summed E-state index contributed by atoms with van der Waals surface area (Å²) >= 11 is 6.12. The molecule has 1 heterocycles. The first-order valence-corrected chi connectivity index (χ1v) is 6.22. The monoisotopic (exact) mass is 279 g/mol. The Labute approximate surface area is 116 Å². The largest absolute Gasteiger partial charge is 0.494 e. The van der Waals surface area contributed by atoms with E-state index in [-0.39, 0.29) is 5.97 Å². The molecule has 0 aliphatic carbocycles. The molecular formula is C14H14ClNO3. The predicted molar refractivity (Wildman–Crippen MR) is 73.6 cm³/mol. The lowest BCUT2D eigenvalue weighted by molar-refractivity contribution is -0.140. The first-order valence-electron chi connectivity index (χ1n) is 5.84. The van der Waals surface area contributed by atoms with Crippen molar-refractivity contribution in [3.05, 3.63) is 35.0 Å². The van der Waals surface area contributed by atoms with E-state index in [9.17, 15) is 4.79 Å². The van der Waals surface area contributed by atoms with Gasteiger partial charge in [-0.1, -0.05) is 11.6 Å². The van der Waals surface area contributed by atoms with Crippen molar-refractivity contribution in [3.63, 3.8) is 0 Å². The minimum absolute atomic E-state index is 0.250. The van der Waals surface area contributed by atoms with Gasteiger partial charge in [-0.25, -0.2) is 4.98 Å². The van der Waals surface area contributed by atoms with E-state index in [0.29, 0.717) is 29.1 Å². The molecule has 0 aliphatic rings. The SMILES string of the molecule is COC(=O)CCc1ccc2c(Cl)ccc(OC)c2n1. The van der Waals surface area contributed by atoms with Gasteiger partial charge >= 0.3 is 5.97 Å². The van der Waals surface area contributed by atoms with Crippen molar-refractivity contribution in [1.82, 2.24) is 4.98 Å². The molecule has 4 nitrogen and oxygen atoms in total. The fourth-order valence-electron chi connectivity index (χ4n) is 1.83. The summed E-state index contributed by atoms with van der Waals surface area (Å²) in [6.07, 6.45) is 0.830. The molecule has 0 fully saturated rings. The number of ether oxygens (including phenoxy) is 2. The van der Waals surface area contributed by atoms with Crippen LogP contribution in [0.15, 0.2) is 24.3 Å². The average molecular weight is 280 g/mol. The molecule has 0 N–H and O–H groups in total. The zero-order valence-electron chi connectivity index (χ0n) is 10.8. The van der Waals surface area contributed by atoms with Crippen LogP contribution in [-0.2, 0) is 16.0 Å². The molecule has 0 spiro atoms. The maximum Gasteiger partial charge on any atom is 0.305 e. The fraction of sp³-hybridized carbons (Fsp3) is 0.286. The van der Waals surface area contributed by atoms with Crippen LogP contribution in [0.3, 0.4) is 0 Å². The predicted octanol–water partition coefficient (Wildman–Crippen LogP) is 3.00. The lowest BCUT2D eigenvalue weighted by atomic mass is 10.1. The quantitative estimate of drug-likeness (QED) is 0.807. The lowest BCUT2D eigenvalue weighted by Gasteiger charge is -2.08. The number of nitrogens with zero attached hydrogens (tertiary/aromatic N) is 1. The Morgan fingerprint density at radius 3 is 2.74 bits per heavy atom. The maximum atomic E-state index is 11.1. The smallest absolute Gasteiger partial charge is 0.305 e. The van der Waals surface area contributed by atoms with Crippen molar-refractivity contribution in [1.29, 1.82) is 0 Å². The highest BCUT2D eigenvalue weighted by molar-refractivity contribution is 6.35. The summed E-state index contributed by atoms with van der Waals surface area (Å²) in [5, 5.41) is 1.46. The number of hydrogen-bond donors (Lipinski definition) is 0. The van der Waals surface area contributed by atoms with E-state index in [1.807, 2.05) is 12.1 Å². The number of benzene rings is 1. The Morgan fingerprint density at radius 1 is 1.26 bits per heavy atom. The Morgan fingerprint density at radius 2 is 2.05 bits per heavy atom. The number of rotatable bonds is 4. The molecule has 19 heavy (non-hydrogen) atoms. The van der Waals surface area contributed by atoms with Gasteiger partial charge in [0.2, 0.25) is 0 Å². The van der Waals surface area contributed by atoms with Gasteiger partial charge in [-0.15, -0.1) is 0 Å². The van der Waals surface area contributed by atoms with Crippen LogP contribution in [0, 0.1) is 0 Å². The van der Waals surface area contributed by atoms with Crippen molar-refractivity contribution in [3.8, 4) is 5.75 Å². The molecule has 0 bridgehead atoms. The number of carbonyl (C=O) groups is 1. The van der Waals surface area contributed by atoms with E-state index in [4.69, 9.17) is 16.3 Å². The third kappa shape index (κ3) is 2.96. The average Bonchev–Trinajstić information content (AvgIpc) is 2.45. The molecule has 2 aromatic rings. The highest BCUT2D eigenvalue weighted by Crippen LogP contribution is 2.30. The Kier molecular flexibility index (Phi) is 4.22. The Balaban J connectivity index is 2.36. The normalized spacial score (nSPS) is 10.5. The van der Waals surface area contributed by atoms with Crippen LogP contribution in [0.1, 0.15) is 12.1 Å². The van der Waals surface area contributed by atoms with Gasteiger partial charge in [0.15, 0.2) is 0 Å². The summed E-state index contributed by atoms with van der Waals surface area (Å²) in [7, 11) is 2.96. The molecule has 0 unspecified atom stereocenters. The summed E-state index contributed by atoms with van der Waals surface area (Å²) in [5.74, 6) is 0.416. The van der Waals surface area contributed by atoms with Crippen LogP contribution in [0.5, 0.6) is 5.75 Å². The van der Waals surface area contributed by atoms with Gasteiger partial charge in [0.1, 0.15) is 11.3 Å². The number of aryl methyl sites for hydroxylation is 1. The third-order valence-electron chi connectivity index (χ3n) is 2.86. The van der Waals surface area contributed by atoms with E-state index in [1.165, 1.54) is 7.11 Å². The minimum atomic E-state index is -0.250. The van der Waals surface area contributed by atoms with Crippen molar-refractivity contribution >= 4 is 28.5 Å². The van der Waals surface area contributed by atoms with Gasteiger partial charge in [0, 0.05) is 17.5 Å². The number of pyridine rings is 1. The molecular weight excluding hydrogens is 266 g/mol. The second-order valence-corrected chi connectivity index (χ2v) is 4.43. The van der Waals surface area contributed by atoms with Crippen LogP contribution in [0.2, 0.25) is 5.02 Å². The molecule has 0 radical (unpaired) electrons. The van der Waals surface area contributed by atoms with Gasteiger partial charge in [-0.2, -0.15) is 0 Å². The molecule has 1 aromatic heterocycles. The zero-order valence-corrected chi connectivity index (χ0v) is 11.5. The van der Waals surface area contributed by atoms with E-state index < -0.39 is 0 Å².